The lowest BCUT2D eigenvalue weighted by Gasteiger charge is -2.26. The summed E-state index contributed by atoms with van der Waals surface area (Å²) in [6.07, 6.45) is -4.09. The average molecular weight is 194 g/mol. The molecule has 4 atom stereocenters. The van der Waals surface area contributed by atoms with Crippen molar-refractivity contribution >= 4 is 0 Å². The largest absolute Gasteiger partial charge is 0.394 e. The molecule has 80 valence electrons. The van der Waals surface area contributed by atoms with Crippen LogP contribution < -0.4 is 0 Å². The first-order valence-electron chi connectivity index (χ1n) is 4.26. The van der Waals surface area contributed by atoms with Gasteiger partial charge in [0.05, 0.1) is 12.7 Å². The molecule has 0 spiro atoms. The Kier molecular flexibility index (Phi) is 6.19. The van der Waals surface area contributed by atoms with E-state index in [1.54, 1.807) is 6.92 Å². The highest BCUT2D eigenvalue weighted by Gasteiger charge is 2.29. The maximum atomic E-state index is 9.38. The van der Waals surface area contributed by atoms with E-state index in [2.05, 4.69) is 0 Å². The third-order valence-corrected chi connectivity index (χ3v) is 2.03. The summed E-state index contributed by atoms with van der Waals surface area (Å²) in [6.45, 7) is 1.28. The SMILES string of the molecule is CCC(O)C(O)[C@H](O)C(CO)OC. The van der Waals surface area contributed by atoms with E-state index in [4.69, 9.17) is 9.84 Å². The lowest BCUT2D eigenvalue weighted by molar-refractivity contribution is -0.125. The van der Waals surface area contributed by atoms with E-state index >= 15 is 0 Å². The number of ether oxygens (including phenoxy) is 1. The van der Waals surface area contributed by atoms with E-state index in [9.17, 15) is 15.3 Å². The van der Waals surface area contributed by atoms with Gasteiger partial charge < -0.3 is 25.2 Å². The van der Waals surface area contributed by atoms with Crippen molar-refractivity contribution in [1.82, 2.24) is 0 Å². The fraction of sp³-hybridized carbons (Fsp3) is 1.00. The normalized spacial score (nSPS) is 20.8. The molecule has 5 heteroatoms. The van der Waals surface area contributed by atoms with E-state index < -0.39 is 31.0 Å². The minimum absolute atomic E-state index is 0.333. The number of hydrogen-bond acceptors (Lipinski definition) is 5. The summed E-state index contributed by atoms with van der Waals surface area (Å²) in [7, 11) is 1.31. The Morgan fingerprint density at radius 1 is 1.15 bits per heavy atom. The standard InChI is InChI=1S/C8H18O5/c1-3-5(10)7(11)8(12)6(4-9)13-2/h5-12H,3-4H2,1-2H3/t5?,6?,7?,8-/m1/s1. The smallest absolute Gasteiger partial charge is 0.111 e. The number of rotatable bonds is 6. The molecule has 0 aliphatic rings. The van der Waals surface area contributed by atoms with E-state index in [1.165, 1.54) is 7.11 Å². The Morgan fingerprint density at radius 3 is 2.00 bits per heavy atom. The van der Waals surface area contributed by atoms with Crippen molar-refractivity contribution in [2.24, 2.45) is 0 Å². The molecule has 3 unspecified atom stereocenters. The van der Waals surface area contributed by atoms with Crippen molar-refractivity contribution in [2.75, 3.05) is 13.7 Å². The Bertz CT molecular complexity index is 126. The topological polar surface area (TPSA) is 90.2 Å². The maximum absolute atomic E-state index is 9.38. The molecular formula is C8H18O5. The molecule has 0 rings (SSSR count). The van der Waals surface area contributed by atoms with Crippen molar-refractivity contribution in [2.45, 2.75) is 37.8 Å². The van der Waals surface area contributed by atoms with Crippen molar-refractivity contribution < 1.29 is 25.2 Å². The van der Waals surface area contributed by atoms with Crippen molar-refractivity contribution in [1.29, 1.82) is 0 Å². The maximum Gasteiger partial charge on any atom is 0.111 e. The van der Waals surface area contributed by atoms with Crippen LogP contribution in [0.15, 0.2) is 0 Å². The van der Waals surface area contributed by atoms with Gasteiger partial charge in [-0.25, -0.2) is 0 Å². The number of hydrogen-bond donors (Lipinski definition) is 4. The van der Waals surface area contributed by atoms with Crippen LogP contribution in [0.5, 0.6) is 0 Å². The van der Waals surface area contributed by atoms with Gasteiger partial charge in [0.25, 0.3) is 0 Å². The molecule has 0 heterocycles. The first-order chi connectivity index (χ1) is 6.08. The van der Waals surface area contributed by atoms with Crippen LogP contribution >= 0.6 is 0 Å². The molecule has 0 bridgehead atoms. The first kappa shape index (κ1) is 12.8. The minimum atomic E-state index is -1.29. The summed E-state index contributed by atoms with van der Waals surface area (Å²) in [5.41, 5.74) is 0. The van der Waals surface area contributed by atoms with E-state index in [0.717, 1.165) is 0 Å². The zero-order chi connectivity index (χ0) is 10.4. The van der Waals surface area contributed by atoms with Gasteiger partial charge in [0.1, 0.15) is 18.3 Å². The highest BCUT2D eigenvalue weighted by atomic mass is 16.5. The van der Waals surface area contributed by atoms with E-state index in [-0.39, 0.29) is 0 Å². The average Bonchev–Trinajstić information content (AvgIpc) is 2.17. The summed E-state index contributed by atoms with van der Waals surface area (Å²) in [5, 5.41) is 36.6. The monoisotopic (exact) mass is 194 g/mol. The predicted octanol–water partition coefficient (Wildman–Crippen LogP) is -1.51. The fourth-order valence-electron chi connectivity index (χ4n) is 1.01. The predicted molar refractivity (Wildman–Crippen MR) is 46.2 cm³/mol. The number of methoxy groups -OCH3 is 1. The molecular weight excluding hydrogens is 176 g/mol. The van der Waals surface area contributed by atoms with E-state index in [0.29, 0.717) is 6.42 Å². The summed E-state index contributed by atoms with van der Waals surface area (Å²) in [6, 6.07) is 0. The third kappa shape index (κ3) is 3.58. The quantitative estimate of drug-likeness (QED) is 0.412. The summed E-state index contributed by atoms with van der Waals surface area (Å²) < 4.78 is 4.71. The molecule has 0 saturated heterocycles. The zero-order valence-corrected chi connectivity index (χ0v) is 7.92. The minimum Gasteiger partial charge on any atom is -0.394 e. The van der Waals surface area contributed by atoms with Gasteiger partial charge in [-0.15, -0.1) is 0 Å². The van der Waals surface area contributed by atoms with Crippen LogP contribution in [-0.2, 0) is 4.74 Å². The van der Waals surface area contributed by atoms with Gasteiger partial charge in [-0.2, -0.15) is 0 Å². The second-order valence-corrected chi connectivity index (χ2v) is 2.91. The summed E-state index contributed by atoms with van der Waals surface area (Å²) in [4.78, 5) is 0. The van der Waals surface area contributed by atoms with Gasteiger partial charge in [0, 0.05) is 7.11 Å². The Morgan fingerprint density at radius 2 is 1.69 bits per heavy atom. The second-order valence-electron chi connectivity index (χ2n) is 2.91. The lowest BCUT2D eigenvalue weighted by atomic mass is 10.0. The van der Waals surface area contributed by atoms with Gasteiger partial charge in [0.2, 0.25) is 0 Å². The Balaban J connectivity index is 4.13. The summed E-state index contributed by atoms with van der Waals surface area (Å²) in [5.74, 6) is 0. The van der Waals surface area contributed by atoms with Gasteiger partial charge >= 0.3 is 0 Å². The third-order valence-electron chi connectivity index (χ3n) is 2.03. The molecule has 0 aliphatic heterocycles. The molecule has 0 radical (unpaired) electrons. The van der Waals surface area contributed by atoms with Crippen LogP contribution in [0.1, 0.15) is 13.3 Å². The Hall–Kier alpha value is -0.200. The molecule has 0 amide bonds. The van der Waals surface area contributed by atoms with Crippen LogP contribution in [0.25, 0.3) is 0 Å². The number of aliphatic hydroxyl groups excluding tert-OH is 4. The van der Waals surface area contributed by atoms with Crippen LogP contribution in [0.2, 0.25) is 0 Å². The van der Waals surface area contributed by atoms with Gasteiger partial charge in [-0.1, -0.05) is 6.92 Å². The van der Waals surface area contributed by atoms with Crippen LogP contribution in [0, 0.1) is 0 Å². The molecule has 0 aromatic heterocycles. The van der Waals surface area contributed by atoms with Gasteiger partial charge in [-0.3, -0.25) is 0 Å². The molecule has 0 aromatic rings. The Labute approximate surface area is 77.6 Å². The summed E-state index contributed by atoms with van der Waals surface area (Å²) >= 11 is 0. The van der Waals surface area contributed by atoms with Gasteiger partial charge in [0.15, 0.2) is 0 Å². The molecule has 13 heavy (non-hydrogen) atoms. The first-order valence-corrected chi connectivity index (χ1v) is 4.26. The molecule has 0 aromatic carbocycles. The number of aliphatic hydroxyl groups is 4. The fourth-order valence-corrected chi connectivity index (χ4v) is 1.01. The molecule has 4 N–H and O–H groups in total. The highest BCUT2D eigenvalue weighted by Crippen LogP contribution is 2.09. The second kappa shape index (κ2) is 6.28. The molecule has 0 aliphatic carbocycles. The van der Waals surface area contributed by atoms with Crippen molar-refractivity contribution in [3.05, 3.63) is 0 Å². The highest BCUT2D eigenvalue weighted by molar-refractivity contribution is 4.80. The molecule has 0 saturated carbocycles. The van der Waals surface area contributed by atoms with Crippen LogP contribution in [0.3, 0.4) is 0 Å². The molecule has 5 nitrogen and oxygen atoms in total. The van der Waals surface area contributed by atoms with Crippen molar-refractivity contribution in [3.63, 3.8) is 0 Å². The van der Waals surface area contributed by atoms with Crippen molar-refractivity contribution in [3.8, 4) is 0 Å². The molecule has 0 fully saturated rings. The van der Waals surface area contributed by atoms with E-state index in [1.807, 2.05) is 0 Å². The van der Waals surface area contributed by atoms with Crippen LogP contribution in [0.4, 0.5) is 0 Å². The van der Waals surface area contributed by atoms with Gasteiger partial charge in [-0.05, 0) is 6.42 Å². The van der Waals surface area contributed by atoms with Crippen LogP contribution in [-0.4, -0.2) is 58.6 Å². The zero-order valence-electron chi connectivity index (χ0n) is 7.92. The lowest BCUT2D eigenvalue weighted by Crippen LogP contribution is -2.46.